The summed E-state index contributed by atoms with van der Waals surface area (Å²) >= 11 is 0. The Hall–Kier alpha value is 0.100. The van der Waals surface area contributed by atoms with Gasteiger partial charge in [0.15, 0.2) is 8.46 Å². The summed E-state index contributed by atoms with van der Waals surface area (Å²) in [5.41, 5.74) is 0. The molecule has 0 aromatic rings. The third-order valence-corrected chi connectivity index (χ3v) is 1.32. The van der Waals surface area contributed by atoms with E-state index in [0.29, 0.717) is 5.92 Å². The molecule has 0 unspecified atom stereocenters. The van der Waals surface area contributed by atoms with Crippen LogP contribution in [0.1, 0.15) is 13.8 Å². The Morgan fingerprint density at radius 1 is 1.67 bits per heavy atom. The van der Waals surface area contributed by atoms with Gasteiger partial charge in [-0.2, -0.15) is 0 Å². The molecule has 0 spiro atoms. The second-order valence-corrected chi connectivity index (χ2v) is 2.33. The fourth-order valence-corrected chi connectivity index (χ4v) is 0.447. The third kappa shape index (κ3) is 4.10. The maximum absolute atomic E-state index is 9.71. The second kappa shape index (κ2) is 3.30. The van der Waals surface area contributed by atoms with Crippen LogP contribution >= 0.6 is 8.46 Å². The average Bonchev–Trinajstić information content (AvgIpc) is 1.35. The Labute approximate surface area is 40.0 Å². The second-order valence-electron chi connectivity index (χ2n) is 1.71. The molecular weight excluding hydrogens is 95.0 g/mol. The molecule has 0 aromatic heterocycles. The predicted octanol–water partition coefficient (Wildman–Crippen LogP) is 1.93. The van der Waals surface area contributed by atoms with Crippen molar-refractivity contribution in [3.8, 4) is 0 Å². The first-order chi connectivity index (χ1) is 2.77. The lowest BCUT2D eigenvalue weighted by Crippen LogP contribution is -1.83. The maximum Gasteiger partial charge on any atom is 0.155 e. The van der Waals surface area contributed by atoms with Gasteiger partial charge in [-0.1, -0.05) is 13.8 Å². The van der Waals surface area contributed by atoms with Crippen LogP contribution in [-0.4, -0.2) is 6.16 Å². The fourth-order valence-electron chi connectivity index (χ4n) is 0.149. The lowest BCUT2D eigenvalue weighted by atomic mass is 10.3. The van der Waals surface area contributed by atoms with Crippen LogP contribution in [0.2, 0.25) is 0 Å². The quantitative estimate of drug-likeness (QED) is 0.489. The Bertz CT molecular complexity index is 42.8. The molecule has 0 radical (unpaired) electrons. The summed E-state index contributed by atoms with van der Waals surface area (Å²) in [6, 6.07) is 0. The van der Waals surface area contributed by atoms with Gasteiger partial charge < -0.3 is 0 Å². The van der Waals surface area contributed by atoms with E-state index in [1.807, 2.05) is 13.8 Å². The van der Waals surface area contributed by atoms with Crippen LogP contribution in [-0.2, 0) is 4.57 Å². The third-order valence-electron chi connectivity index (χ3n) is 0.440. The molecule has 0 aliphatic heterocycles. The summed E-state index contributed by atoms with van der Waals surface area (Å²) in [6.45, 7) is 4.09. The van der Waals surface area contributed by atoms with Gasteiger partial charge in [-0.25, -0.2) is 0 Å². The molecule has 0 amide bonds. The summed E-state index contributed by atoms with van der Waals surface area (Å²) in [6.07, 6.45) is 0.792. The highest BCUT2D eigenvalue weighted by atomic mass is 31.1. The van der Waals surface area contributed by atoms with E-state index < -0.39 is 0 Å². The molecule has 0 heterocycles. The van der Waals surface area contributed by atoms with Crippen molar-refractivity contribution in [2.75, 3.05) is 6.16 Å². The summed E-state index contributed by atoms with van der Waals surface area (Å²) in [4.78, 5) is 0. The SMILES string of the molecule is CC(C)CP=O. The molecule has 0 saturated carbocycles. The maximum atomic E-state index is 9.71. The van der Waals surface area contributed by atoms with Gasteiger partial charge in [0.2, 0.25) is 0 Å². The summed E-state index contributed by atoms with van der Waals surface area (Å²) < 4.78 is 9.71. The molecule has 0 fully saturated rings. The molecule has 0 N–H and O–H groups in total. The monoisotopic (exact) mass is 104 g/mol. The van der Waals surface area contributed by atoms with Crippen LogP contribution in [0.25, 0.3) is 0 Å². The van der Waals surface area contributed by atoms with E-state index in [0.717, 1.165) is 6.16 Å². The van der Waals surface area contributed by atoms with E-state index >= 15 is 0 Å². The summed E-state index contributed by atoms with van der Waals surface area (Å²) in [7, 11) is 0.274. The van der Waals surface area contributed by atoms with Crippen LogP contribution in [0, 0.1) is 5.92 Å². The molecule has 0 aliphatic rings. The predicted molar refractivity (Wildman–Crippen MR) is 27.3 cm³/mol. The molecule has 1 nitrogen and oxygen atoms in total. The Kier molecular flexibility index (Phi) is 3.35. The molecule has 0 aromatic carbocycles. The molecule has 0 saturated heterocycles. The zero-order chi connectivity index (χ0) is 4.99. The first-order valence-corrected chi connectivity index (χ1v) is 3.06. The lowest BCUT2D eigenvalue weighted by Gasteiger charge is -1.88. The average molecular weight is 104 g/mol. The van der Waals surface area contributed by atoms with Crippen molar-refractivity contribution in [1.29, 1.82) is 0 Å². The van der Waals surface area contributed by atoms with Gasteiger partial charge in [0.1, 0.15) is 0 Å². The Morgan fingerprint density at radius 2 is 2.17 bits per heavy atom. The highest BCUT2D eigenvalue weighted by Gasteiger charge is 1.87. The molecule has 0 aliphatic carbocycles. The van der Waals surface area contributed by atoms with Gasteiger partial charge in [0.05, 0.1) is 0 Å². The van der Waals surface area contributed by atoms with Gasteiger partial charge in [0, 0.05) is 6.16 Å². The minimum atomic E-state index is 0.274. The standard InChI is InChI=1S/C4H9OP/c1-4(2)3-6-5/h4H,3H2,1-2H3. The molecule has 0 atom stereocenters. The molecule has 0 bridgehead atoms. The van der Waals surface area contributed by atoms with Gasteiger partial charge >= 0.3 is 0 Å². The van der Waals surface area contributed by atoms with E-state index in [-0.39, 0.29) is 8.46 Å². The first-order valence-electron chi connectivity index (χ1n) is 2.06. The normalized spacial score (nSPS) is 10.5. The molecule has 2 heteroatoms. The smallest absolute Gasteiger partial charge is 0.155 e. The van der Waals surface area contributed by atoms with Gasteiger partial charge in [-0.05, 0) is 5.92 Å². The van der Waals surface area contributed by atoms with Gasteiger partial charge in [0.25, 0.3) is 0 Å². The molecular formula is C4H9OP. The van der Waals surface area contributed by atoms with Crippen LogP contribution in [0.4, 0.5) is 0 Å². The highest BCUT2D eigenvalue weighted by Crippen LogP contribution is 2.00. The molecule has 6 heavy (non-hydrogen) atoms. The topological polar surface area (TPSA) is 17.1 Å². The van der Waals surface area contributed by atoms with Crippen LogP contribution in [0.3, 0.4) is 0 Å². The van der Waals surface area contributed by atoms with E-state index in [4.69, 9.17) is 0 Å². The zero-order valence-corrected chi connectivity index (χ0v) is 5.03. The number of hydrogen-bond donors (Lipinski definition) is 0. The van der Waals surface area contributed by atoms with Crippen molar-refractivity contribution < 1.29 is 4.57 Å². The van der Waals surface area contributed by atoms with E-state index in [9.17, 15) is 4.57 Å². The lowest BCUT2D eigenvalue weighted by molar-refractivity contribution is 0.591. The van der Waals surface area contributed by atoms with Crippen LogP contribution in [0.15, 0.2) is 0 Å². The van der Waals surface area contributed by atoms with Gasteiger partial charge in [-0.15, -0.1) is 0 Å². The molecule has 36 valence electrons. The largest absolute Gasteiger partial charge is 0.275 e. The summed E-state index contributed by atoms with van der Waals surface area (Å²) in [5, 5.41) is 0. The van der Waals surface area contributed by atoms with E-state index in [2.05, 4.69) is 0 Å². The van der Waals surface area contributed by atoms with Gasteiger partial charge in [-0.3, -0.25) is 4.57 Å². The minimum absolute atomic E-state index is 0.274. The Balaban J connectivity index is 2.81. The van der Waals surface area contributed by atoms with Crippen molar-refractivity contribution in [1.82, 2.24) is 0 Å². The van der Waals surface area contributed by atoms with Crippen LogP contribution in [0.5, 0.6) is 0 Å². The van der Waals surface area contributed by atoms with E-state index in [1.165, 1.54) is 0 Å². The van der Waals surface area contributed by atoms with Crippen LogP contribution < -0.4 is 0 Å². The van der Waals surface area contributed by atoms with Crippen molar-refractivity contribution in [3.05, 3.63) is 0 Å². The number of rotatable bonds is 2. The Morgan fingerprint density at radius 3 is 2.17 bits per heavy atom. The van der Waals surface area contributed by atoms with Crippen molar-refractivity contribution in [2.24, 2.45) is 5.92 Å². The highest BCUT2D eigenvalue weighted by molar-refractivity contribution is 7.23. The van der Waals surface area contributed by atoms with E-state index in [1.54, 1.807) is 0 Å². The van der Waals surface area contributed by atoms with Crippen molar-refractivity contribution in [2.45, 2.75) is 13.8 Å². The summed E-state index contributed by atoms with van der Waals surface area (Å²) in [5.74, 6) is 0.573. The fraction of sp³-hybridized carbons (Fsp3) is 1.00. The number of hydrogen-bond acceptors (Lipinski definition) is 1. The minimum Gasteiger partial charge on any atom is -0.275 e. The zero-order valence-electron chi connectivity index (χ0n) is 4.14. The molecule has 0 rings (SSSR count). The van der Waals surface area contributed by atoms with Crippen molar-refractivity contribution >= 4 is 8.46 Å². The van der Waals surface area contributed by atoms with Crippen molar-refractivity contribution in [3.63, 3.8) is 0 Å². The first kappa shape index (κ1) is 6.10.